The van der Waals surface area contributed by atoms with Gasteiger partial charge in [-0.25, -0.2) is 0 Å². The van der Waals surface area contributed by atoms with Crippen LogP contribution in [0, 0.1) is 5.92 Å². The molecule has 1 aliphatic carbocycles. The van der Waals surface area contributed by atoms with Crippen molar-refractivity contribution >= 4 is 0 Å². The lowest BCUT2D eigenvalue weighted by Crippen LogP contribution is -2.44. The van der Waals surface area contributed by atoms with Crippen LogP contribution in [0.15, 0.2) is 48.5 Å². The molecule has 25 heavy (non-hydrogen) atoms. The first-order valence-electron chi connectivity index (χ1n) is 10.2. The molecule has 126 valence electrons. The molecule has 2 saturated heterocycles. The fourth-order valence-electron chi connectivity index (χ4n) is 8.81. The first-order chi connectivity index (χ1) is 12.1. The molecule has 4 aliphatic heterocycles. The van der Waals surface area contributed by atoms with Gasteiger partial charge in [0.05, 0.1) is 0 Å². The lowest BCUT2D eigenvalue weighted by molar-refractivity contribution is -0.833. The molecule has 2 aromatic carbocycles. The molecule has 2 aromatic rings. The summed E-state index contributed by atoms with van der Waals surface area (Å²) in [5.74, 6) is 0.962. The topological polar surface area (TPSA) is 0 Å². The molecule has 4 heterocycles. The Morgan fingerprint density at radius 1 is 0.840 bits per heavy atom. The molecule has 3 unspecified atom stereocenters. The van der Waals surface area contributed by atoms with Gasteiger partial charge in [0.15, 0.2) is 16.6 Å². The van der Waals surface area contributed by atoms with Crippen LogP contribution in [-0.2, 0) is 16.6 Å². The average Bonchev–Trinajstić information content (AvgIpc) is 3.26. The van der Waals surface area contributed by atoms with Crippen LogP contribution in [0.1, 0.15) is 68.2 Å². The fourth-order valence-corrected chi connectivity index (χ4v) is 8.81. The van der Waals surface area contributed by atoms with Crippen LogP contribution in [-0.4, -0.2) is 10.5 Å². The first-order valence-corrected chi connectivity index (χ1v) is 10.2. The maximum atomic E-state index is 2.57. The van der Waals surface area contributed by atoms with Gasteiger partial charge >= 0.3 is 0 Å². The SMILES string of the molecule is CC12c3ccccc3[C@@]3(C)C4[C@@](CC5CCCC5)(c5ccccc51)[N+]423. The van der Waals surface area contributed by atoms with E-state index in [9.17, 15) is 0 Å². The lowest BCUT2D eigenvalue weighted by Gasteiger charge is -2.32. The predicted molar refractivity (Wildman–Crippen MR) is 99.0 cm³/mol. The minimum absolute atomic E-state index is 0.186. The highest BCUT2D eigenvalue weighted by atomic mass is 15.8. The maximum Gasteiger partial charge on any atom is 0.211 e. The molecule has 5 atom stereocenters. The van der Waals surface area contributed by atoms with Gasteiger partial charge in [-0.1, -0.05) is 74.2 Å². The van der Waals surface area contributed by atoms with Gasteiger partial charge in [-0.2, -0.15) is 0 Å². The first kappa shape index (κ1) is 13.6. The van der Waals surface area contributed by atoms with Gasteiger partial charge in [0.2, 0.25) is 6.04 Å². The van der Waals surface area contributed by atoms with Gasteiger partial charge in [0.1, 0.15) is 0 Å². The Balaban J connectivity index is 1.51. The number of benzene rings is 2. The van der Waals surface area contributed by atoms with Crippen molar-refractivity contribution in [3.63, 3.8) is 0 Å². The van der Waals surface area contributed by atoms with Gasteiger partial charge in [-0.05, 0) is 12.8 Å². The van der Waals surface area contributed by atoms with E-state index in [1.807, 2.05) is 0 Å². The average molecular weight is 328 g/mol. The summed E-state index contributed by atoms with van der Waals surface area (Å²) in [6.45, 7) is 5.14. The standard InChI is InChI=1S/C24H26N/c1-22-17-11-5-6-12-18(17)23(2)21-24(25(21,22)23,15-16-9-3-4-10-16)20-14-8-7-13-19(20)22/h5-8,11-14,16,21H,3-4,9-10,15H2,1-2H3/q+1/t21?,22?,23-,24+,25?/m0/s1. The number of nitrogens with zero attached hydrogens (tertiary/aromatic N) is 1. The van der Waals surface area contributed by atoms with Crippen LogP contribution < -0.4 is 0 Å². The van der Waals surface area contributed by atoms with Crippen molar-refractivity contribution in [3.05, 3.63) is 70.8 Å². The van der Waals surface area contributed by atoms with Crippen LogP contribution in [0.5, 0.6) is 0 Å². The van der Waals surface area contributed by atoms with Crippen molar-refractivity contribution in [2.75, 3.05) is 0 Å². The highest BCUT2D eigenvalue weighted by Crippen LogP contribution is 2.97. The molecular formula is C24H26N+. The normalized spacial score (nSPS) is 47.2. The highest BCUT2D eigenvalue weighted by Gasteiger charge is 3.15. The molecule has 1 spiro atoms. The predicted octanol–water partition coefficient (Wildman–Crippen LogP) is 5.18. The Bertz CT molecular complexity index is 956. The van der Waals surface area contributed by atoms with Crippen molar-refractivity contribution < 1.29 is 4.48 Å². The van der Waals surface area contributed by atoms with E-state index in [4.69, 9.17) is 0 Å². The third-order valence-corrected chi connectivity index (χ3v) is 9.29. The monoisotopic (exact) mass is 328 g/mol. The number of quaternary nitrogens is 1. The lowest BCUT2D eigenvalue weighted by atomic mass is 9.71. The highest BCUT2D eigenvalue weighted by molar-refractivity contribution is 5.66. The van der Waals surface area contributed by atoms with Crippen LogP contribution in [0.4, 0.5) is 0 Å². The Hall–Kier alpha value is -1.60. The second-order valence-electron chi connectivity index (χ2n) is 9.72. The molecule has 1 nitrogen and oxygen atoms in total. The van der Waals surface area contributed by atoms with Crippen molar-refractivity contribution in [1.29, 1.82) is 0 Å². The minimum atomic E-state index is 0.186. The molecule has 0 N–H and O–H groups in total. The molecule has 0 bridgehead atoms. The van der Waals surface area contributed by atoms with E-state index in [0.29, 0.717) is 11.1 Å². The van der Waals surface area contributed by atoms with Crippen LogP contribution in [0.3, 0.4) is 0 Å². The van der Waals surface area contributed by atoms with Crippen molar-refractivity contribution in [2.45, 2.75) is 68.6 Å². The number of hydrogen-bond donors (Lipinski definition) is 0. The summed E-state index contributed by atoms with van der Waals surface area (Å²) < 4.78 is 1.35. The van der Waals surface area contributed by atoms with Crippen molar-refractivity contribution in [1.82, 2.24) is 0 Å². The molecule has 5 aliphatic rings. The van der Waals surface area contributed by atoms with Crippen molar-refractivity contribution in [2.24, 2.45) is 5.92 Å². The Labute approximate surface area is 150 Å². The van der Waals surface area contributed by atoms with E-state index in [1.165, 1.54) is 36.6 Å². The second-order valence-corrected chi connectivity index (χ2v) is 9.72. The largest absolute Gasteiger partial charge is 0.270 e. The van der Waals surface area contributed by atoms with Crippen LogP contribution >= 0.6 is 0 Å². The zero-order valence-electron chi connectivity index (χ0n) is 15.3. The van der Waals surface area contributed by atoms with Crippen LogP contribution in [0.2, 0.25) is 0 Å². The van der Waals surface area contributed by atoms with Gasteiger partial charge in [-0.3, -0.25) is 4.48 Å². The summed E-state index contributed by atoms with van der Waals surface area (Å²) in [6.07, 6.45) is 7.30. The minimum Gasteiger partial charge on any atom is -0.270 e. The van der Waals surface area contributed by atoms with Crippen LogP contribution in [0.25, 0.3) is 0 Å². The Kier molecular flexibility index (Phi) is 1.95. The van der Waals surface area contributed by atoms with E-state index in [1.54, 1.807) is 22.3 Å². The Morgan fingerprint density at radius 3 is 2.08 bits per heavy atom. The van der Waals surface area contributed by atoms with E-state index < -0.39 is 0 Å². The van der Waals surface area contributed by atoms with Gasteiger partial charge in [0, 0.05) is 35.6 Å². The van der Waals surface area contributed by atoms with Crippen molar-refractivity contribution in [3.8, 4) is 0 Å². The molecule has 1 saturated carbocycles. The zero-order valence-corrected chi connectivity index (χ0v) is 15.3. The number of fused-ring (bicyclic) bond motifs is 8. The quantitative estimate of drug-likeness (QED) is 0.526. The Morgan fingerprint density at radius 2 is 1.40 bits per heavy atom. The molecule has 1 heteroatoms. The van der Waals surface area contributed by atoms with Gasteiger partial charge < -0.3 is 0 Å². The summed E-state index contributed by atoms with van der Waals surface area (Å²) in [5, 5.41) is 0. The maximum absolute atomic E-state index is 2.57. The summed E-state index contributed by atoms with van der Waals surface area (Å²) in [6, 6.07) is 19.7. The van der Waals surface area contributed by atoms with E-state index in [0.717, 1.165) is 12.0 Å². The summed E-state index contributed by atoms with van der Waals surface area (Å²) >= 11 is 0. The molecule has 0 amide bonds. The molecule has 3 fully saturated rings. The number of rotatable bonds is 2. The van der Waals surface area contributed by atoms with E-state index in [2.05, 4.69) is 62.4 Å². The van der Waals surface area contributed by atoms with Gasteiger partial charge in [-0.15, -0.1) is 0 Å². The summed E-state index contributed by atoms with van der Waals surface area (Å²) in [4.78, 5) is 0. The molecule has 0 radical (unpaired) electrons. The van der Waals surface area contributed by atoms with Gasteiger partial charge in [0.25, 0.3) is 0 Å². The number of hydrogen-bond acceptors (Lipinski definition) is 0. The molecular weight excluding hydrogens is 302 g/mol. The summed E-state index contributed by atoms with van der Waals surface area (Å²) in [5.41, 5.74) is 7.62. The summed E-state index contributed by atoms with van der Waals surface area (Å²) in [7, 11) is 0. The zero-order chi connectivity index (χ0) is 16.7. The third kappa shape index (κ3) is 0.983. The molecule has 7 rings (SSSR count). The smallest absolute Gasteiger partial charge is 0.211 e. The fraction of sp³-hybridized carbons (Fsp3) is 0.500. The van der Waals surface area contributed by atoms with E-state index >= 15 is 0 Å². The molecule has 0 aromatic heterocycles. The third-order valence-electron chi connectivity index (χ3n) is 9.29. The second kappa shape index (κ2) is 3.60. The van der Waals surface area contributed by atoms with E-state index in [-0.39, 0.29) is 5.54 Å².